The Balaban J connectivity index is 3.05. The maximum atomic E-state index is 9.36. The van der Waals surface area contributed by atoms with Crippen molar-refractivity contribution in [3.05, 3.63) is 23.8 Å². The van der Waals surface area contributed by atoms with Gasteiger partial charge in [-0.2, -0.15) is 0 Å². The van der Waals surface area contributed by atoms with E-state index in [1.165, 1.54) is 0 Å². The molecule has 0 aliphatic heterocycles. The van der Waals surface area contributed by atoms with Gasteiger partial charge in [-0.3, -0.25) is 0 Å². The average molecular weight is 253 g/mol. The average Bonchev–Trinajstić information content (AvgIpc) is 2.38. The Morgan fingerprint density at radius 1 is 1.33 bits per heavy atom. The van der Waals surface area contributed by atoms with E-state index >= 15 is 0 Å². The molecule has 3 N–H and O–H groups in total. The number of ether oxygens (including phenoxy) is 2. The van der Waals surface area contributed by atoms with Crippen molar-refractivity contribution in [1.82, 2.24) is 0 Å². The monoisotopic (exact) mass is 253 g/mol. The van der Waals surface area contributed by atoms with E-state index in [0.29, 0.717) is 18.1 Å². The minimum absolute atomic E-state index is 0.0314. The highest BCUT2D eigenvalue weighted by molar-refractivity contribution is 5.44. The number of nitrogens with two attached hydrogens (primary N) is 1. The number of hydrogen-bond donors (Lipinski definition) is 2. The molecule has 1 aromatic carbocycles. The molecule has 0 saturated heterocycles. The van der Waals surface area contributed by atoms with Gasteiger partial charge >= 0.3 is 0 Å². The molecule has 1 atom stereocenters. The third kappa shape index (κ3) is 3.15. The highest BCUT2D eigenvalue weighted by atomic mass is 16.5. The van der Waals surface area contributed by atoms with E-state index in [9.17, 15) is 5.11 Å². The minimum atomic E-state index is -0.377. The Labute approximate surface area is 109 Å². The van der Waals surface area contributed by atoms with Crippen LogP contribution < -0.4 is 15.2 Å². The molecular formula is C14H23NO3. The summed E-state index contributed by atoms with van der Waals surface area (Å²) in [5.74, 6) is 1.37. The fourth-order valence-electron chi connectivity index (χ4n) is 1.70. The number of aliphatic hydroxyl groups excluding tert-OH is 1. The van der Waals surface area contributed by atoms with Crippen LogP contribution in [-0.2, 0) is 0 Å². The van der Waals surface area contributed by atoms with Gasteiger partial charge in [-0.15, -0.1) is 0 Å². The Kier molecular flexibility index (Phi) is 4.99. The molecule has 0 heterocycles. The molecule has 0 fully saturated rings. The van der Waals surface area contributed by atoms with Gasteiger partial charge < -0.3 is 20.3 Å². The van der Waals surface area contributed by atoms with Gasteiger partial charge in [0.2, 0.25) is 0 Å². The van der Waals surface area contributed by atoms with E-state index in [2.05, 4.69) is 0 Å². The van der Waals surface area contributed by atoms with Crippen LogP contribution in [0.5, 0.6) is 11.5 Å². The largest absolute Gasteiger partial charge is 0.493 e. The lowest BCUT2D eigenvalue weighted by molar-refractivity contribution is 0.132. The summed E-state index contributed by atoms with van der Waals surface area (Å²) >= 11 is 0. The second-order valence-corrected chi connectivity index (χ2v) is 4.97. The van der Waals surface area contributed by atoms with Crippen LogP contribution in [0.3, 0.4) is 0 Å². The molecule has 0 aromatic heterocycles. The summed E-state index contributed by atoms with van der Waals surface area (Å²) in [7, 11) is 1.60. The highest BCUT2D eigenvalue weighted by Gasteiger charge is 2.27. The van der Waals surface area contributed by atoms with Crippen LogP contribution in [0.1, 0.15) is 32.4 Å². The van der Waals surface area contributed by atoms with Gasteiger partial charge in [-0.25, -0.2) is 0 Å². The number of rotatable bonds is 6. The first-order valence-corrected chi connectivity index (χ1v) is 6.13. The summed E-state index contributed by atoms with van der Waals surface area (Å²) in [4.78, 5) is 0. The summed E-state index contributed by atoms with van der Waals surface area (Å²) in [5, 5.41) is 9.36. The van der Waals surface area contributed by atoms with Gasteiger partial charge in [-0.1, -0.05) is 19.9 Å². The van der Waals surface area contributed by atoms with Crippen molar-refractivity contribution in [3.63, 3.8) is 0 Å². The molecule has 1 aromatic rings. The third-order valence-electron chi connectivity index (χ3n) is 3.10. The van der Waals surface area contributed by atoms with E-state index in [0.717, 1.165) is 5.56 Å². The second-order valence-electron chi connectivity index (χ2n) is 4.97. The van der Waals surface area contributed by atoms with Crippen LogP contribution in [-0.4, -0.2) is 25.4 Å². The van der Waals surface area contributed by atoms with E-state index in [1.807, 2.05) is 39.0 Å². The molecule has 0 aliphatic carbocycles. The highest BCUT2D eigenvalue weighted by Crippen LogP contribution is 2.35. The topological polar surface area (TPSA) is 64.7 Å². The minimum Gasteiger partial charge on any atom is -0.493 e. The van der Waals surface area contributed by atoms with Gasteiger partial charge in [-0.05, 0) is 24.6 Å². The molecule has 0 spiro atoms. The van der Waals surface area contributed by atoms with E-state index < -0.39 is 0 Å². The van der Waals surface area contributed by atoms with Crippen LogP contribution in [0, 0.1) is 5.41 Å². The lowest BCUT2D eigenvalue weighted by Gasteiger charge is -2.30. The van der Waals surface area contributed by atoms with Crippen molar-refractivity contribution in [1.29, 1.82) is 0 Å². The van der Waals surface area contributed by atoms with Gasteiger partial charge in [0.1, 0.15) is 0 Å². The molecule has 18 heavy (non-hydrogen) atoms. The smallest absolute Gasteiger partial charge is 0.161 e. The fraction of sp³-hybridized carbons (Fsp3) is 0.571. The van der Waals surface area contributed by atoms with Crippen molar-refractivity contribution in [2.75, 3.05) is 20.3 Å². The first-order valence-electron chi connectivity index (χ1n) is 6.13. The van der Waals surface area contributed by atoms with Gasteiger partial charge in [0, 0.05) is 18.1 Å². The summed E-state index contributed by atoms with van der Waals surface area (Å²) in [6.07, 6.45) is 0. The van der Waals surface area contributed by atoms with E-state index in [-0.39, 0.29) is 18.1 Å². The third-order valence-corrected chi connectivity index (χ3v) is 3.10. The lowest BCUT2D eigenvalue weighted by Crippen LogP contribution is -2.32. The molecule has 0 bridgehead atoms. The van der Waals surface area contributed by atoms with Crippen LogP contribution in [0.2, 0.25) is 0 Å². The zero-order chi connectivity index (χ0) is 13.8. The van der Waals surface area contributed by atoms with Crippen molar-refractivity contribution in [2.24, 2.45) is 11.1 Å². The van der Waals surface area contributed by atoms with Crippen LogP contribution in [0.4, 0.5) is 0 Å². The Hall–Kier alpha value is -1.26. The summed E-state index contributed by atoms with van der Waals surface area (Å²) < 4.78 is 10.8. The molecule has 0 aliphatic rings. The summed E-state index contributed by atoms with van der Waals surface area (Å²) in [5.41, 5.74) is 6.72. The normalized spacial score (nSPS) is 13.2. The lowest BCUT2D eigenvalue weighted by atomic mass is 9.82. The Bertz CT molecular complexity index is 391. The fourth-order valence-corrected chi connectivity index (χ4v) is 1.70. The zero-order valence-corrected chi connectivity index (χ0v) is 11.6. The van der Waals surface area contributed by atoms with Crippen LogP contribution >= 0.6 is 0 Å². The SMILES string of the molecule is CCOc1ccc([C@@H](N)C(C)(C)CO)cc1OC. The van der Waals surface area contributed by atoms with Gasteiger partial charge in [0.05, 0.1) is 13.7 Å². The number of benzene rings is 1. The van der Waals surface area contributed by atoms with Gasteiger partial charge in [0.25, 0.3) is 0 Å². The number of hydrogen-bond acceptors (Lipinski definition) is 4. The summed E-state index contributed by atoms with van der Waals surface area (Å²) in [6, 6.07) is 5.38. The standard InChI is InChI=1S/C14H23NO3/c1-5-18-11-7-6-10(8-12(11)17-4)13(15)14(2,3)9-16/h6-8,13,16H,5,9,15H2,1-4H3/t13-/m1/s1. The van der Waals surface area contributed by atoms with Crippen molar-refractivity contribution in [3.8, 4) is 11.5 Å². The summed E-state index contributed by atoms with van der Waals surface area (Å²) in [6.45, 7) is 6.41. The molecule has 4 nitrogen and oxygen atoms in total. The number of aliphatic hydroxyl groups is 1. The molecule has 102 valence electrons. The Morgan fingerprint density at radius 3 is 2.50 bits per heavy atom. The maximum absolute atomic E-state index is 9.36. The Morgan fingerprint density at radius 2 is 2.00 bits per heavy atom. The quantitative estimate of drug-likeness (QED) is 0.815. The molecule has 0 saturated carbocycles. The molecular weight excluding hydrogens is 230 g/mol. The van der Waals surface area contributed by atoms with Crippen LogP contribution in [0.15, 0.2) is 18.2 Å². The van der Waals surface area contributed by atoms with E-state index in [4.69, 9.17) is 15.2 Å². The van der Waals surface area contributed by atoms with E-state index in [1.54, 1.807) is 7.11 Å². The molecule has 4 heteroatoms. The number of methoxy groups -OCH3 is 1. The van der Waals surface area contributed by atoms with Crippen molar-refractivity contribution >= 4 is 0 Å². The first kappa shape index (κ1) is 14.8. The van der Waals surface area contributed by atoms with Crippen molar-refractivity contribution < 1.29 is 14.6 Å². The van der Waals surface area contributed by atoms with Crippen molar-refractivity contribution in [2.45, 2.75) is 26.8 Å². The second kappa shape index (κ2) is 6.07. The predicted octanol–water partition coefficient (Wildman–Crippen LogP) is 2.11. The zero-order valence-electron chi connectivity index (χ0n) is 11.6. The molecule has 0 radical (unpaired) electrons. The molecule has 1 rings (SSSR count). The maximum Gasteiger partial charge on any atom is 0.161 e. The molecule has 0 amide bonds. The van der Waals surface area contributed by atoms with Gasteiger partial charge in [0.15, 0.2) is 11.5 Å². The van der Waals surface area contributed by atoms with Crippen LogP contribution in [0.25, 0.3) is 0 Å². The first-order chi connectivity index (χ1) is 8.46. The predicted molar refractivity (Wildman–Crippen MR) is 72.0 cm³/mol. The molecule has 0 unspecified atom stereocenters.